The highest BCUT2D eigenvalue weighted by atomic mass is 19.1. The predicted molar refractivity (Wildman–Crippen MR) is 138 cm³/mol. The molecule has 1 aliphatic heterocycles. The second-order valence-corrected chi connectivity index (χ2v) is 9.95. The lowest BCUT2D eigenvalue weighted by atomic mass is 9.71. The third-order valence-electron chi connectivity index (χ3n) is 7.41. The summed E-state index contributed by atoms with van der Waals surface area (Å²) in [7, 11) is 1.50. The Bertz CT molecular complexity index is 1260. The Hall–Kier alpha value is -3.37. The number of fused-ring (bicyclic) bond motifs is 1. The number of aliphatic carboxylic acids is 1. The normalized spacial score (nSPS) is 16.3. The van der Waals surface area contributed by atoms with Crippen LogP contribution in [0.3, 0.4) is 0 Å². The molecule has 1 aliphatic rings. The van der Waals surface area contributed by atoms with Crippen LogP contribution in [0, 0.1) is 22.9 Å². The molecule has 1 saturated heterocycles. The van der Waals surface area contributed by atoms with Gasteiger partial charge in [-0.3, -0.25) is 9.78 Å². The Kier molecular flexibility index (Phi) is 8.73. The van der Waals surface area contributed by atoms with E-state index in [1.54, 1.807) is 18.2 Å². The Morgan fingerprint density at radius 3 is 2.53 bits per heavy atom. The van der Waals surface area contributed by atoms with Gasteiger partial charge in [0.2, 0.25) is 0 Å². The molecule has 7 nitrogen and oxygen atoms in total. The quantitative estimate of drug-likeness (QED) is 0.315. The Morgan fingerprint density at radius 1 is 1.16 bits per heavy atom. The zero-order valence-corrected chi connectivity index (χ0v) is 21.2. The first kappa shape index (κ1) is 27.7. The first-order valence-corrected chi connectivity index (χ1v) is 12.6. The number of nitrogens with one attached hydrogen (secondary N) is 1. The number of aliphatic hydroxyl groups excluding tert-OH is 1. The maximum absolute atomic E-state index is 14.8. The number of halogens is 3. The highest BCUT2D eigenvalue weighted by Gasteiger charge is 2.37. The molecule has 4 rings (SSSR count). The van der Waals surface area contributed by atoms with Gasteiger partial charge in [0.25, 0.3) is 0 Å². The van der Waals surface area contributed by atoms with Gasteiger partial charge in [0, 0.05) is 35.8 Å². The third kappa shape index (κ3) is 6.73. The number of nitrogens with zero attached hydrogens (tertiary/aromatic N) is 2. The first-order valence-electron chi connectivity index (χ1n) is 12.6. The fourth-order valence-electron chi connectivity index (χ4n) is 5.32. The molecule has 0 unspecified atom stereocenters. The molecule has 1 aromatic heterocycles. The predicted octanol–water partition coefficient (Wildman–Crippen LogP) is 5.14. The van der Waals surface area contributed by atoms with Crippen molar-refractivity contribution in [2.75, 3.05) is 38.6 Å². The first-order chi connectivity index (χ1) is 18.2. The minimum atomic E-state index is -1.13. The Labute approximate surface area is 219 Å². The van der Waals surface area contributed by atoms with Gasteiger partial charge in [-0.05, 0) is 74.5 Å². The van der Waals surface area contributed by atoms with Gasteiger partial charge in [-0.1, -0.05) is 0 Å². The van der Waals surface area contributed by atoms with Crippen LogP contribution in [-0.4, -0.2) is 59.4 Å². The molecule has 0 saturated carbocycles. The standard InChI is InChI=1S/C28H32F3N3O4/c1-38-21-2-3-24-22(15-21)27(23(31)17-33-24)25(35)4-5-28(16-26(36)37)6-9-34(10-7-28)11-8-32-20-13-18(29)12-19(30)14-20/h2-3,12-15,17,25,32,35H,4-11,16H2,1H3,(H,36,37)/t25-/m1/s1. The van der Waals surface area contributed by atoms with Crippen LogP contribution in [0.4, 0.5) is 18.9 Å². The van der Waals surface area contributed by atoms with E-state index in [0.29, 0.717) is 67.8 Å². The van der Waals surface area contributed by atoms with Gasteiger partial charge in [-0.2, -0.15) is 0 Å². The van der Waals surface area contributed by atoms with Crippen LogP contribution in [0.5, 0.6) is 5.75 Å². The number of likely N-dealkylation sites (tertiary alicyclic amines) is 1. The molecule has 0 aliphatic carbocycles. The highest BCUT2D eigenvalue weighted by Crippen LogP contribution is 2.42. The molecule has 3 N–H and O–H groups in total. The Morgan fingerprint density at radius 2 is 1.87 bits per heavy atom. The molecule has 2 aromatic carbocycles. The number of pyridine rings is 1. The summed E-state index contributed by atoms with van der Waals surface area (Å²) in [5.41, 5.74) is 0.502. The van der Waals surface area contributed by atoms with Gasteiger partial charge in [0.05, 0.1) is 31.3 Å². The number of carboxylic acids is 1. The number of rotatable bonds is 11. The minimum Gasteiger partial charge on any atom is -0.497 e. The van der Waals surface area contributed by atoms with E-state index in [9.17, 15) is 28.2 Å². The van der Waals surface area contributed by atoms with Crippen LogP contribution < -0.4 is 10.1 Å². The van der Waals surface area contributed by atoms with Crippen molar-refractivity contribution in [3.8, 4) is 5.75 Å². The molecule has 1 atom stereocenters. The van der Waals surface area contributed by atoms with Crippen LogP contribution >= 0.6 is 0 Å². The molecule has 1 fully saturated rings. The van der Waals surface area contributed by atoms with Crippen LogP contribution in [0.1, 0.15) is 43.8 Å². The smallest absolute Gasteiger partial charge is 0.303 e. The van der Waals surface area contributed by atoms with E-state index in [1.165, 1.54) is 19.2 Å². The van der Waals surface area contributed by atoms with Crippen molar-refractivity contribution in [2.45, 2.75) is 38.2 Å². The number of methoxy groups -OCH3 is 1. The summed E-state index contributed by atoms with van der Waals surface area (Å²) in [6.07, 6.45) is 1.75. The second-order valence-electron chi connectivity index (χ2n) is 9.95. The van der Waals surface area contributed by atoms with Crippen molar-refractivity contribution in [1.82, 2.24) is 9.88 Å². The SMILES string of the molecule is COc1ccc2ncc(F)c([C@H](O)CCC3(CC(=O)O)CCN(CCNc4cc(F)cc(F)c4)CC3)c2c1. The number of ether oxygens (including phenoxy) is 1. The lowest BCUT2D eigenvalue weighted by Gasteiger charge is -2.41. The lowest BCUT2D eigenvalue weighted by molar-refractivity contribution is -0.141. The molecule has 3 aromatic rings. The molecule has 0 radical (unpaired) electrons. The summed E-state index contributed by atoms with van der Waals surface area (Å²) >= 11 is 0. The van der Waals surface area contributed by atoms with Crippen LogP contribution in [0.25, 0.3) is 10.9 Å². The van der Waals surface area contributed by atoms with Gasteiger partial charge in [-0.25, -0.2) is 13.2 Å². The average Bonchev–Trinajstić information content (AvgIpc) is 2.87. The van der Waals surface area contributed by atoms with Crippen molar-refractivity contribution in [3.05, 3.63) is 65.6 Å². The number of piperidine rings is 1. The third-order valence-corrected chi connectivity index (χ3v) is 7.41. The maximum atomic E-state index is 14.8. The highest BCUT2D eigenvalue weighted by molar-refractivity contribution is 5.84. The summed E-state index contributed by atoms with van der Waals surface area (Å²) in [4.78, 5) is 18.0. The Balaban J connectivity index is 1.38. The fraction of sp³-hybridized carbons (Fsp3) is 0.429. The van der Waals surface area contributed by atoms with Crippen molar-refractivity contribution in [1.29, 1.82) is 0 Å². The van der Waals surface area contributed by atoms with Crippen molar-refractivity contribution >= 4 is 22.6 Å². The summed E-state index contributed by atoms with van der Waals surface area (Å²) < 4.78 is 46.8. The molecule has 0 amide bonds. The number of carbonyl (C=O) groups is 1. The number of aromatic nitrogens is 1. The van der Waals surface area contributed by atoms with E-state index in [2.05, 4.69) is 15.2 Å². The molecular weight excluding hydrogens is 499 g/mol. The van der Waals surface area contributed by atoms with Crippen LogP contribution in [0.2, 0.25) is 0 Å². The van der Waals surface area contributed by atoms with E-state index in [4.69, 9.17) is 4.74 Å². The number of benzene rings is 2. The average molecular weight is 532 g/mol. The summed E-state index contributed by atoms with van der Waals surface area (Å²) in [5.74, 6) is -2.31. The lowest BCUT2D eigenvalue weighted by Crippen LogP contribution is -2.43. The van der Waals surface area contributed by atoms with Gasteiger partial charge in [0.1, 0.15) is 23.2 Å². The van der Waals surface area contributed by atoms with E-state index >= 15 is 0 Å². The molecular formula is C28H32F3N3O4. The number of aliphatic hydroxyl groups is 1. The van der Waals surface area contributed by atoms with Gasteiger partial charge in [-0.15, -0.1) is 0 Å². The minimum absolute atomic E-state index is 0.0399. The van der Waals surface area contributed by atoms with Crippen LogP contribution in [-0.2, 0) is 4.79 Å². The van der Waals surface area contributed by atoms with E-state index in [-0.39, 0.29) is 18.4 Å². The monoisotopic (exact) mass is 531 g/mol. The van der Waals surface area contributed by atoms with Gasteiger partial charge >= 0.3 is 5.97 Å². The largest absolute Gasteiger partial charge is 0.497 e. The van der Waals surface area contributed by atoms with Gasteiger partial charge < -0.3 is 25.2 Å². The summed E-state index contributed by atoms with van der Waals surface area (Å²) in [6.45, 7) is 2.39. The van der Waals surface area contributed by atoms with Crippen molar-refractivity contribution in [2.24, 2.45) is 5.41 Å². The molecule has 10 heteroatoms. The van der Waals surface area contributed by atoms with E-state index in [0.717, 1.165) is 12.3 Å². The molecule has 38 heavy (non-hydrogen) atoms. The number of anilines is 1. The fourth-order valence-corrected chi connectivity index (χ4v) is 5.32. The molecule has 0 bridgehead atoms. The summed E-state index contributed by atoms with van der Waals surface area (Å²) in [6, 6.07) is 8.33. The maximum Gasteiger partial charge on any atom is 0.303 e. The number of carboxylic acid groups (broad SMARTS) is 1. The van der Waals surface area contributed by atoms with E-state index < -0.39 is 34.9 Å². The second kappa shape index (κ2) is 12.0. The van der Waals surface area contributed by atoms with Crippen molar-refractivity contribution < 1.29 is 32.9 Å². The van der Waals surface area contributed by atoms with Crippen LogP contribution in [0.15, 0.2) is 42.6 Å². The summed E-state index contributed by atoms with van der Waals surface area (Å²) in [5, 5.41) is 24.1. The zero-order valence-electron chi connectivity index (χ0n) is 21.2. The van der Waals surface area contributed by atoms with Gasteiger partial charge in [0.15, 0.2) is 0 Å². The molecule has 204 valence electrons. The van der Waals surface area contributed by atoms with E-state index in [1.807, 2.05) is 0 Å². The number of hydrogen-bond donors (Lipinski definition) is 3. The molecule has 2 heterocycles. The zero-order chi connectivity index (χ0) is 27.3. The number of hydrogen-bond acceptors (Lipinski definition) is 6. The van der Waals surface area contributed by atoms with Crippen molar-refractivity contribution in [3.63, 3.8) is 0 Å². The molecule has 0 spiro atoms. The topological polar surface area (TPSA) is 94.9 Å².